The summed E-state index contributed by atoms with van der Waals surface area (Å²) in [7, 11) is 0. The molecule has 12 aromatic rings. The molecule has 4 heteroatoms. The fourth-order valence-electron chi connectivity index (χ4n) is 10.8. The van der Waals surface area contributed by atoms with Crippen molar-refractivity contribution in [2.24, 2.45) is 0 Å². The average molecular weight is 843 g/mol. The molecule has 0 unspecified atom stereocenters. The van der Waals surface area contributed by atoms with Gasteiger partial charge < -0.3 is 14.0 Å². The van der Waals surface area contributed by atoms with Gasteiger partial charge in [0.15, 0.2) is 0 Å². The highest BCUT2D eigenvalue weighted by Crippen LogP contribution is 2.57. The van der Waals surface area contributed by atoms with Crippen molar-refractivity contribution in [3.63, 3.8) is 0 Å². The summed E-state index contributed by atoms with van der Waals surface area (Å²) < 4.78 is 4.71. The predicted molar refractivity (Wildman–Crippen MR) is 273 cm³/mol. The van der Waals surface area contributed by atoms with Crippen LogP contribution in [0.15, 0.2) is 255 Å². The van der Waals surface area contributed by atoms with E-state index in [4.69, 9.17) is 0 Å². The third kappa shape index (κ3) is 5.82. The molecule has 0 saturated carbocycles. The molecule has 310 valence electrons. The Kier molecular flexibility index (Phi) is 8.72. The minimum atomic E-state index is -0.534. The van der Waals surface area contributed by atoms with Crippen LogP contribution in [0.2, 0.25) is 0 Å². The van der Waals surface area contributed by atoms with Crippen molar-refractivity contribution < 1.29 is 0 Å². The molecule has 0 fully saturated rings. The normalized spacial score (nSPS) is 12.7. The number of anilines is 3. The summed E-state index contributed by atoms with van der Waals surface area (Å²) in [4.78, 5) is 7.12. The van der Waals surface area contributed by atoms with Crippen LogP contribution in [-0.4, -0.2) is 14.1 Å². The van der Waals surface area contributed by atoms with E-state index in [1.54, 1.807) is 0 Å². The topological polar surface area (TPSA) is 26.0 Å². The molecule has 3 aromatic heterocycles. The average Bonchev–Trinajstić information content (AvgIpc) is 4.05. The Morgan fingerprint density at radius 3 is 1.70 bits per heavy atom. The number of aromatic nitrogens is 3. The lowest BCUT2D eigenvalue weighted by Gasteiger charge is -2.35. The predicted octanol–water partition coefficient (Wildman–Crippen LogP) is 15.6. The van der Waals surface area contributed by atoms with E-state index in [0.717, 1.165) is 50.7 Å². The van der Waals surface area contributed by atoms with Crippen molar-refractivity contribution in [1.82, 2.24) is 14.1 Å². The van der Waals surface area contributed by atoms with E-state index in [1.165, 1.54) is 55.1 Å². The maximum absolute atomic E-state index is 4.69. The van der Waals surface area contributed by atoms with Gasteiger partial charge in [-0.15, -0.1) is 0 Å². The van der Waals surface area contributed by atoms with E-state index < -0.39 is 5.41 Å². The van der Waals surface area contributed by atoms with Crippen molar-refractivity contribution in [1.29, 1.82) is 0 Å². The van der Waals surface area contributed by atoms with Gasteiger partial charge in [0.25, 0.3) is 0 Å². The van der Waals surface area contributed by atoms with Crippen molar-refractivity contribution >= 4 is 49.8 Å². The molecule has 4 nitrogen and oxygen atoms in total. The van der Waals surface area contributed by atoms with Gasteiger partial charge in [-0.3, -0.25) is 4.98 Å². The molecule has 0 saturated heterocycles. The van der Waals surface area contributed by atoms with E-state index in [2.05, 4.69) is 256 Å². The maximum atomic E-state index is 4.69. The zero-order valence-electron chi connectivity index (χ0n) is 36.0. The van der Waals surface area contributed by atoms with Crippen molar-refractivity contribution in [2.45, 2.75) is 5.41 Å². The molecule has 0 spiro atoms. The SMILES string of the molecule is c1ccc(-n2ccc3cc4c5cc(N(c6ccc(-c7ccccn7)cc6)c6ccc7c(c6)C(c6ccccc6)(c6ccccc6)c6ccccc6-7)ccc5n(-c5ccccc5)c4cc32)cc1. The smallest absolute Gasteiger partial charge is 0.0714 e. The minimum absolute atomic E-state index is 0.534. The molecule has 0 atom stereocenters. The Hall–Kier alpha value is -8.73. The summed E-state index contributed by atoms with van der Waals surface area (Å²) in [5.41, 5.74) is 18.0. The number of benzene rings is 9. The highest BCUT2D eigenvalue weighted by atomic mass is 15.1. The van der Waals surface area contributed by atoms with Crippen LogP contribution in [0.25, 0.3) is 66.5 Å². The molecule has 0 amide bonds. The number of rotatable bonds is 8. The monoisotopic (exact) mass is 842 g/mol. The van der Waals surface area contributed by atoms with Crippen LogP contribution in [0.5, 0.6) is 0 Å². The second-order valence-electron chi connectivity index (χ2n) is 17.2. The summed E-state index contributed by atoms with van der Waals surface area (Å²) >= 11 is 0. The third-order valence-electron chi connectivity index (χ3n) is 13.7. The van der Waals surface area contributed by atoms with Gasteiger partial charge in [0.05, 0.1) is 27.7 Å². The second kappa shape index (κ2) is 15.2. The zero-order valence-corrected chi connectivity index (χ0v) is 36.0. The summed E-state index contributed by atoms with van der Waals surface area (Å²) in [6.45, 7) is 0. The molecule has 9 aromatic carbocycles. The first-order valence-electron chi connectivity index (χ1n) is 22.6. The van der Waals surface area contributed by atoms with Crippen LogP contribution in [0.4, 0.5) is 17.1 Å². The first kappa shape index (κ1) is 37.8. The molecule has 3 heterocycles. The van der Waals surface area contributed by atoms with Gasteiger partial charge >= 0.3 is 0 Å². The van der Waals surface area contributed by atoms with Crippen molar-refractivity contribution in [3.05, 3.63) is 277 Å². The Morgan fingerprint density at radius 2 is 0.985 bits per heavy atom. The molecule has 66 heavy (non-hydrogen) atoms. The first-order chi connectivity index (χ1) is 32.7. The number of nitrogens with zero attached hydrogens (tertiary/aromatic N) is 4. The van der Waals surface area contributed by atoms with Gasteiger partial charge in [-0.25, -0.2) is 0 Å². The van der Waals surface area contributed by atoms with Crippen LogP contribution in [0.3, 0.4) is 0 Å². The van der Waals surface area contributed by atoms with E-state index in [1.807, 2.05) is 18.3 Å². The second-order valence-corrected chi connectivity index (χ2v) is 17.2. The number of hydrogen-bond acceptors (Lipinski definition) is 2. The van der Waals surface area contributed by atoms with Gasteiger partial charge in [0.2, 0.25) is 0 Å². The van der Waals surface area contributed by atoms with Crippen LogP contribution in [0.1, 0.15) is 22.3 Å². The molecule has 0 aliphatic heterocycles. The van der Waals surface area contributed by atoms with Crippen LogP contribution < -0.4 is 4.90 Å². The Balaban J connectivity index is 1.06. The first-order valence-corrected chi connectivity index (χ1v) is 22.6. The molecule has 1 aliphatic carbocycles. The largest absolute Gasteiger partial charge is 0.316 e. The van der Waals surface area contributed by atoms with Crippen molar-refractivity contribution in [2.75, 3.05) is 4.90 Å². The van der Waals surface area contributed by atoms with E-state index in [9.17, 15) is 0 Å². The van der Waals surface area contributed by atoms with E-state index in [0.29, 0.717) is 0 Å². The number of hydrogen-bond donors (Lipinski definition) is 0. The Labute approximate surface area is 383 Å². The van der Waals surface area contributed by atoms with E-state index in [-0.39, 0.29) is 0 Å². The maximum Gasteiger partial charge on any atom is 0.0714 e. The summed E-state index contributed by atoms with van der Waals surface area (Å²) in [5.74, 6) is 0. The third-order valence-corrected chi connectivity index (χ3v) is 13.7. The van der Waals surface area contributed by atoms with Gasteiger partial charge in [-0.1, -0.05) is 146 Å². The fourth-order valence-corrected chi connectivity index (χ4v) is 10.8. The molecular weight excluding hydrogens is 801 g/mol. The molecular formula is C62H42N4. The number of pyridine rings is 1. The highest BCUT2D eigenvalue weighted by Gasteiger charge is 2.46. The Bertz CT molecular complexity index is 3690. The van der Waals surface area contributed by atoms with Gasteiger partial charge in [0, 0.05) is 62.6 Å². The van der Waals surface area contributed by atoms with Crippen LogP contribution in [0, 0.1) is 0 Å². The van der Waals surface area contributed by atoms with Gasteiger partial charge in [0.1, 0.15) is 0 Å². The number of para-hydroxylation sites is 2. The highest BCUT2D eigenvalue weighted by molar-refractivity contribution is 6.14. The van der Waals surface area contributed by atoms with E-state index >= 15 is 0 Å². The van der Waals surface area contributed by atoms with Crippen LogP contribution in [-0.2, 0) is 5.41 Å². The lowest BCUT2D eigenvalue weighted by Crippen LogP contribution is -2.28. The molecule has 13 rings (SSSR count). The Morgan fingerprint density at radius 1 is 0.394 bits per heavy atom. The molecule has 0 radical (unpaired) electrons. The van der Waals surface area contributed by atoms with Gasteiger partial charge in [-0.2, -0.15) is 0 Å². The molecule has 0 N–H and O–H groups in total. The lowest BCUT2D eigenvalue weighted by atomic mass is 9.67. The number of fused-ring (bicyclic) bond motifs is 7. The van der Waals surface area contributed by atoms with Crippen LogP contribution >= 0.6 is 0 Å². The summed E-state index contributed by atoms with van der Waals surface area (Å²) in [5, 5.41) is 3.59. The quantitative estimate of drug-likeness (QED) is 0.152. The summed E-state index contributed by atoms with van der Waals surface area (Å²) in [6, 6.07) is 88.4. The molecule has 0 bridgehead atoms. The standard InChI is InChI=1S/C62H42N4/c1-5-17-45(18-6-1)62(46-19-7-2-8-20-46)56-26-14-13-25-52(56)53-34-32-51(41-57(53)62)65(49-30-28-43(29-31-49)58-27-15-16-37-63-58)50-33-35-59-55(40-50)54-39-44-36-38-64(47-21-9-3-10-22-47)60(44)42-61(54)66(59)48-23-11-4-12-24-48/h1-42H. The zero-order chi connectivity index (χ0) is 43.6. The minimum Gasteiger partial charge on any atom is -0.316 e. The fraction of sp³-hybridized carbons (Fsp3) is 0.0161. The lowest BCUT2D eigenvalue weighted by molar-refractivity contribution is 0.768. The molecule has 1 aliphatic rings. The van der Waals surface area contributed by atoms with Crippen molar-refractivity contribution in [3.8, 4) is 33.8 Å². The van der Waals surface area contributed by atoms with Gasteiger partial charge in [-0.05, 0) is 130 Å². The summed E-state index contributed by atoms with van der Waals surface area (Å²) in [6.07, 6.45) is 4.04.